The number of nitrogens with two attached hydrogens (primary N) is 1. The van der Waals surface area contributed by atoms with Gasteiger partial charge in [-0.15, -0.1) is 0 Å². The van der Waals surface area contributed by atoms with Crippen LogP contribution in [0, 0.1) is 0 Å². The number of carbonyl (C=O) groups excluding carboxylic acids is 1. The van der Waals surface area contributed by atoms with Gasteiger partial charge in [-0.3, -0.25) is 4.79 Å². The number of rotatable bonds is 3. The maximum Gasteiger partial charge on any atom is 0.303 e. The molecule has 1 aromatic heterocycles. The number of hydrogen-bond donors (Lipinski definition) is 2. The molecule has 6 nitrogen and oxygen atoms in total. The van der Waals surface area contributed by atoms with Gasteiger partial charge in [-0.2, -0.15) is 0 Å². The number of hydrogen-bond acceptors (Lipinski definition) is 6. The first kappa shape index (κ1) is 12.6. The molecule has 18 heavy (non-hydrogen) atoms. The molecule has 0 aromatic carbocycles. The molecule has 0 saturated carbocycles. The summed E-state index contributed by atoms with van der Waals surface area (Å²) in [7, 11) is 0. The molecule has 3 N–H and O–H groups in total. The van der Waals surface area contributed by atoms with Crippen LogP contribution in [0.5, 0.6) is 0 Å². The van der Waals surface area contributed by atoms with Crippen LogP contribution in [0.1, 0.15) is 13.3 Å². The summed E-state index contributed by atoms with van der Waals surface area (Å²) in [4.78, 5) is 18.6. The lowest BCUT2D eigenvalue weighted by Gasteiger charge is -2.15. The quantitative estimate of drug-likeness (QED) is 0.489. The predicted octanol–water partition coefficient (Wildman–Crippen LogP) is 1.38. The highest BCUT2D eigenvalue weighted by molar-refractivity contribution is 6.32. The van der Waals surface area contributed by atoms with Crippen LogP contribution < -0.4 is 11.1 Å². The van der Waals surface area contributed by atoms with Crippen LogP contribution >= 0.6 is 11.6 Å². The average molecular weight is 269 g/mol. The fourth-order valence-corrected chi connectivity index (χ4v) is 1.87. The highest BCUT2D eigenvalue weighted by atomic mass is 35.5. The van der Waals surface area contributed by atoms with E-state index >= 15 is 0 Å². The summed E-state index contributed by atoms with van der Waals surface area (Å²) in [5, 5.41) is 3.33. The molecule has 2 rings (SSSR count). The third-order valence-corrected chi connectivity index (χ3v) is 2.82. The van der Waals surface area contributed by atoms with Crippen molar-refractivity contribution < 1.29 is 9.53 Å². The molecule has 0 radical (unpaired) electrons. The number of anilines is 2. The number of carbonyl (C=O) groups is 1. The number of nitrogens with one attached hydrogen (secondary N) is 1. The van der Waals surface area contributed by atoms with Gasteiger partial charge in [-0.05, 0) is 6.08 Å². The molecule has 2 atom stereocenters. The highest BCUT2D eigenvalue weighted by Gasteiger charge is 2.22. The van der Waals surface area contributed by atoms with Crippen molar-refractivity contribution in [2.45, 2.75) is 25.5 Å². The van der Waals surface area contributed by atoms with Crippen molar-refractivity contribution in [1.29, 1.82) is 0 Å². The Morgan fingerprint density at radius 2 is 2.33 bits per heavy atom. The van der Waals surface area contributed by atoms with Crippen LogP contribution in [0.4, 0.5) is 11.5 Å². The zero-order valence-electron chi connectivity index (χ0n) is 9.76. The van der Waals surface area contributed by atoms with Gasteiger partial charge in [0.2, 0.25) is 0 Å². The Morgan fingerprint density at radius 3 is 3.06 bits per heavy atom. The molecular formula is C11H13ClN4O2. The predicted molar refractivity (Wildman–Crippen MR) is 68.2 cm³/mol. The maximum absolute atomic E-state index is 10.8. The Bertz CT molecular complexity index is 492. The van der Waals surface area contributed by atoms with Gasteiger partial charge in [0.25, 0.3) is 0 Å². The van der Waals surface area contributed by atoms with E-state index in [0.717, 1.165) is 0 Å². The molecule has 96 valence electrons. The molecule has 1 heterocycles. The average Bonchev–Trinajstić information content (AvgIpc) is 2.71. The van der Waals surface area contributed by atoms with Gasteiger partial charge >= 0.3 is 5.97 Å². The van der Waals surface area contributed by atoms with E-state index in [4.69, 9.17) is 22.1 Å². The first-order valence-electron chi connectivity index (χ1n) is 5.44. The number of nitrogens with zero attached hydrogens (tertiary/aromatic N) is 2. The molecule has 0 saturated heterocycles. The molecule has 0 spiro atoms. The van der Waals surface area contributed by atoms with E-state index in [2.05, 4.69) is 15.3 Å². The second-order valence-corrected chi connectivity index (χ2v) is 4.30. The molecule has 0 amide bonds. The van der Waals surface area contributed by atoms with Gasteiger partial charge in [0.1, 0.15) is 18.1 Å². The number of ether oxygens (including phenoxy) is 1. The fraction of sp³-hybridized carbons (Fsp3) is 0.364. The summed E-state index contributed by atoms with van der Waals surface area (Å²) in [6.07, 6.45) is 5.50. The van der Waals surface area contributed by atoms with Crippen molar-refractivity contribution >= 4 is 29.1 Å². The van der Waals surface area contributed by atoms with Crippen molar-refractivity contribution in [2.24, 2.45) is 0 Å². The van der Waals surface area contributed by atoms with Gasteiger partial charge in [0.15, 0.2) is 11.0 Å². The monoisotopic (exact) mass is 268 g/mol. The lowest BCUT2D eigenvalue weighted by atomic mass is 10.2. The lowest BCUT2D eigenvalue weighted by molar-refractivity contribution is -0.144. The number of nitrogen functional groups attached to an aromatic ring is 1. The van der Waals surface area contributed by atoms with E-state index in [0.29, 0.717) is 17.9 Å². The van der Waals surface area contributed by atoms with Crippen molar-refractivity contribution in [1.82, 2.24) is 9.97 Å². The first-order valence-corrected chi connectivity index (χ1v) is 5.82. The van der Waals surface area contributed by atoms with E-state index in [1.165, 1.54) is 13.3 Å². The van der Waals surface area contributed by atoms with Crippen LogP contribution in [0.25, 0.3) is 0 Å². The minimum Gasteiger partial charge on any atom is -0.458 e. The SMILES string of the molecule is CC(=O)O[C@@H]1C=C[C@H](Nc2ncnc(Cl)c2N)C1. The lowest BCUT2D eigenvalue weighted by Crippen LogP contribution is -2.21. The molecule has 7 heteroatoms. The minimum absolute atomic E-state index is 0.00242. The Morgan fingerprint density at radius 1 is 1.56 bits per heavy atom. The van der Waals surface area contributed by atoms with Crippen molar-refractivity contribution in [2.75, 3.05) is 11.1 Å². The van der Waals surface area contributed by atoms with Gasteiger partial charge in [0, 0.05) is 19.4 Å². The molecule has 0 bridgehead atoms. The Hall–Kier alpha value is -1.82. The third kappa shape index (κ3) is 2.89. The summed E-state index contributed by atoms with van der Waals surface area (Å²) in [6.45, 7) is 1.39. The first-order chi connectivity index (χ1) is 8.56. The van der Waals surface area contributed by atoms with E-state index < -0.39 is 0 Å². The summed E-state index contributed by atoms with van der Waals surface area (Å²) in [5.74, 6) is 0.183. The van der Waals surface area contributed by atoms with Gasteiger partial charge < -0.3 is 15.8 Å². The molecule has 0 fully saturated rings. The molecule has 0 unspecified atom stereocenters. The Balaban J connectivity index is 1.98. The van der Waals surface area contributed by atoms with E-state index in [1.807, 2.05) is 12.2 Å². The largest absolute Gasteiger partial charge is 0.458 e. The zero-order chi connectivity index (χ0) is 13.1. The van der Waals surface area contributed by atoms with Crippen molar-refractivity contribution in [3.63, 3.8) is 0 Å². The van der Waals surface area contributed by atoms with Crippen LogP contribution in [-0.4, -0.2) is 28.1 Å². The van der Waals surface area contributed by atoms with Crippen LogP contribution in [0.3, 0.4) is 0 Å². The van der Waals surface area contributed by atoms with Crippen molar-refractivity contribution in [3.05, 3.63) is 23.6 Å². The molecule has 1 aliphatic rings. The van der Waals surface area contributed by atoms with Gasteiger partial charge in [-0.25, -0.2) is 9.97 Å². The van der Waals surface area contributed by atoms with Crippen LogP contribution in [0.2, 0.25) is 5.15 Å². The van der Waals surface area contributed by atoms with Crippen LogP contribution in [-0.2, 0) is 9.53 Å². The normalized spacial score (nSPS) is 21.9. The second kappa shape index (κ2) is 5.22. The molecule has 1 aromatic rings. The molecule has 0 aliphatic heterocycles. The highest BCUT2D eigenvalue weighted by Crippen LogP contribution is 2.25. The Labute approximate surface area is 109 Å². The number of halogens is 1. The minimum atomic E-state index is -0.296. The Kier molecular flexibility index (Phi) is 3.66. The fourth-order valence-electron chi connectivity index (χ4n) is 1.74. The summed E-state index contributed by atoms with van der Waals surface area (Å²) in [5.41, 5.74) is 6.06. The standard InChI is InChI=1S/C11H13ClN4O2/c1-6(17)18-8-3-2-7(4-8)16-11-9(13)10(12)14-5-15-11/h2-3,5,7-8H,4,13H2,1H3,(H,14,15,16)/t7-,8+/m0/s1. The van der Waals surface area contributed by atoms with E-state index in [1.54, 1.807) is 0 Å². The third-order valence-electron chi connectivity index (χ3n) is 2.52. The number of esters is 1. The smallest absolute Gasteiger partial charge is 0.303 e. The van der Waals surface area contributed by atoms with E-state index in [9.17, 15) is 4.79 Å². The summed E-state index contributed by atoms with van der Waals surface area (Å²) >= 11 is 5.79. The maximum atomic E-state index is 10.8. The summed E-state index contributed by atoms with van der Waals surface area (Å²) < 4.78 is 5.08. The number of aromatic nitrogens is 2. The van der Waals surface area contributed by atoms with Gasteiger partial charge in [-0.1, -0.05) is 17.7 Å². The zero-order valence-corrected chi connectivity index (χ0v) is 10.5. The molecule has 1 aliphatic carbocycles. The van der Waals surface area contributed by atoms with Crippen molar-refractivity contribution in [3.8, 4) is 0 Å². The van der Waals surface area contributed by atoms with Crippen LogP contribution in [0.15, 0.2) is 18.5 Å². The van der Waals surface area contributed by atoms with E-state index in [-0.39, 0.29) is 23.3 Å². The summed E-state index contributed by atoms with van der Waals surface area (Å²) in [6, 6.07) is 0.00242. The topological polar surface area (TPSA) is 90.1 Å². The molecular weight excluding hydrogens is 256 g/mol. The second-order valence-electron chi connectivity index (χ2n) is 3.95. The van der Waals surface area contributed by atoms with Gasteiger partial charge in [0.05, 0.1) is 0 Å².